The maximum atomic E-state index is 13.9. The van der Waals surface area contributed by atoms with Gasteiger partial charge in [-0.05, 0) is 44.9 Å². The Morgan fingerprint density at radius 3 is 2.26 bits per heavy atom. The van der Waals surface area contributed by atoms with E-state index in [2.05, 4.69) is 5.32 Å². The highest BCUT2D eigenvalue weighted by atomic mass is 19.1. The van der Waals surface area contributed by atoms with E-state index in [0.717, 1.165) is 22.4 Å². The number of anilines is 1. The van der Waals surface area contributed by atoms with Gasteiger partial charge < -0.3 is 10.2 Å². The van der Waals surface area contributed by atoms with E-state index in [1.807, 2.05) is 39.8 Å². The van der Waals surface area contributed by atoms with Crippen LogP contribution in [0.2, 0.25) is 0 Å². The molecular formula is C19H23FN2O. The standard InChI is InChI=1S/C19H23FN2O/c1-12-10-13(2)18(14(3)11-12)21-19(23)22(5)15(4)16-8-6-7-9-17(16)20/h6-11,15H,1-5H3,(H,21,23). The molecule has 1 N–H and O–H groups in total. The average molecular weight is 314 g/mol. The number of nitrogens with zero attached hydrogens (tertiary/aromatic N) is 1. The Labute approximate surface area is 137 Å². The second kappa shape index (κ2) is 6.82. The summed E-state index contributed by atoms with van der Waals surface area (Å²) in [5.41, 5.74) is 4.51. The van der Waals surface area contributed by atoms with Crippen LogP contribution < -0.4 is 5.32 Å². The Bertz CT molecular complexity index is 704. The molecule has 0 saturated heterocycles. The molecule has 122 valence electrons. The topological polar surface area (TPSA) is 32.3 Å². The number of carbonyl (C=O) groups excluding carboxylic acids is 1. The van der Waals surface area contributed by atoms with Crippen LogP contribution in [0.4, 0.5) is 14.9 Å². The van der Waals surface area contributed by atoms with Gasteiger partial charge in [-0.15, -0.1) is 0 Å². The highest BCUT2D eigenvalue weighted by Crippen LogP contribution is 2.25. The molecule has 0 bridgehead atoms. The molecule has 0 aliphatic carbocycles. The fourth-order valence-electron chi connectivity index (χ4n) is 2.77. The number of halogens is 1. The van der Waals surface area contributed by atoms with E-state index in [-0.39, 0.29) is 17.9 Å². The van der Waals surface area contributed by atoms with Crippen molar-refractivity contribution < 1.29 is 9.18 Å². The second-order valence-corrected chi connectivity index (χ2v) is 6.01. The van der Waals surface area contributed by atoms with Crippen LogP contribution in [-0.4, -0.2) is 18.0 Å². The van der Waals surface area contributed by atoms with Crippen LogP contribution in [0.15, 0.2) is 36.4 Å². The number of aryl methyl sites for hydroxylation is 3. The molecule has 2 amide bonds. The Balaban J connectivity index is 2.19. The first-order valence-corrected chi connectivity index (χ1v) is 7.67. The smallest absolute Gasteiger partial charge is 0.321 e. The quantitative estimate of drug-likeness (QED) is 0.851. The third kappa shape index (κ3) is 3.70. The number of carbonyl (C=O) groups is 1. The molecule has 0 heterocycles. The van der Waals surface area contributed by atoms with E-state index in [1.54, 1.807) is 25.2 Å². The number of amides is 2. The lowest BCUT2D eigenvalue weighted by Crippen LogP contribution is -2.34. The molecule has 2 aromatic rings. The predicted molar refractivity (Wildman–Crippen MR) is 92.2 cm³/mol. The summed E-state index contributed by atoms with van der Waals surface area (Å²) in [6.07, 6.45) is 0. The van der Waals surface area contributed by atoms with Crippen molar-refractivity contribution in [2.45, 2.75) is 33.7 Å². The summed E-state index contributed by atoms with van der Waals surface area (Å²) in [7, 11) is 1.67. The minimum absolute atomic E-state index is 0.254. The van der Waals surface area contributed by atoms with Gasteiger partial charge in [-0.2, -0.15) is 0 Å². The van der Waals surface area contributed by atoms with E-state index >= 15 is 0 Å². The van der Waals surface area contributed by atoms with Crippen molar-refractivity contribution in [3.63, 3.8) is 0 Å². The van der Waals surface area contributed by atoms with Gasteiger partial charge >= 0.3 is 6.03 Å². The molecule has 0 aromatic heterocycles. The monoisotopic (exact) mass is 314 g/mol. The van der Waals surface area contributed by atoms with E-state index < -0.39 is 0 Å². The van der Waals surface area contributed by atoms with Crippen LogP contribution in [-0.2, 0) is 0 Å². The van der Waals surface area contributed by atoms with Crippen molar-refractivity contribution in [3.8, 4) is 0 Å². The van der Waals surface area contributed by atoms with E-state index in [0.29, 0.717) is 5.56 Å². The van der Waals surface area contributed by atoms with Crippen LogP contribution in [0.1, 0.15) is 35.2 Å². The molecule has 1 atom stereocenters. The van der Waals surface area contributed by atoms with Gasteiger partial charge in [-0.3, -0.25) is 0 Å². The lowest BCUT2D eigenvalue weighted by Gasteiger charge is -2.26. The number of urea groups is 1. The van der Waals surface area contributed by atoms with Gasteiger partial charge in [0.2, 0.25) is 0 Å². The van der Waals surface area contributed by atoms with Gasteiger partial charge in [0.1, 0.15) is 5.82 Å². The first kappa shape index (κ1) is 17.0. The van der Waals surface area contributed by atoms with Gasteiger partial charge in [-0.1, -0.05) is 35.9 Å². The molecule has 2 rings (SSSR count). The largest absolute Gasteiger partial charge is 0.322 e. The van der Waals surface area contributed by atoms with Crippen LogP contribution in [0, 0.1) is 26.6 Å². The van der Waals surface area contributed by atoms with Crippen molar-refractivity contribution in [2.24, 2.45) is 0 Å². The number of hydrogen-bond donors (Lipinski definition) is 1. The Kier molecular flexibility index (Phi) is 5.04. The summed E-state index contributed by atoms with van der Waals surface area (Å²) in [6, 6.07) is 9.97. The molecule has 1 unspecified atom stereocenters. The fourth-order valence-corrected chi connectivity index (χ4v) is 2.77. The molecule has 2 aromatic carbocycles. The van der Waals surface area contributed by atoms with E-state index in [1.165, 1.54) is 11.0 Å². The van der Waals surface area contributed by atoms with Crippen molar-refractivity contribution in [2.75, 3.05) is 12.4 Å². The SMILES string of the molecule is Cc1cc(C)c(NC(=O)N(C)C(C)c2ccccc2F)c(C)c1. The summed E-state index contributed by atoms with van der Waals surface area (Å²) in [5, 5.41) is 2.94. The summed E-state index contributed by atoms with van der Waals surface area (Å²) < 4.78 is 13.9. The van der Waals surface area contributed by atoms with Crippen LogP contribution in [0.25, 0.3) is 0 Å². The lowest BCUT2D eigenvalue weighted by atomic mass is 10.0. The first-order valence-electron chi connectivity index (χ1n) is 7.67. The molecule has 3 nitrogen and oxygen atoms in total. The van der Waals surface area contributed by atoms with Crippen molar-refractivity contribution in [1.82, 2.24) is 4.90 Å². The number of rotatable bonds is 3. The molecule has 0 spiro atoms. The minimum Gasteiger partial charge on any atom is -0.321 e. The van der Waals surface area contributed by atoms with Crippen LogP contribution >= 0.6 is 0 Å². The third-order valence-corrected chi connectivity index (χ3v) is 4.17. The third-order valence-electron chi connectivity index (χ3n) is 4.17. The van der Waals surface area contributed by atoms with Gasteiger partial charge in [0.05, 0.1) is 6.04 Å². The summed E-state index contributed by atoms with van der Waals surface area (Å²) in [5.74, 6) is -0.303. The molecule has 0 aliphatic rings. The van der Waals surface area contributed by atoms with Gasteiger partial charge in [0, 0.05) is 18.3 Å². The Morgan fingerprint density at radius 2 is 1.70 bits per heavy atom. The number of nitrogens with one attached hydrogen (secondary N) is 1. The summed E-state index contributed by atoms with van der Waals surface area (Å²) >= 11 is 0. The maximum Gasteiger partial charge on any atom is 0.322 e. The molecule has 0 aliphatic heterocycles. The zero-order valence-electron chi connectivity index (χ0n) is 14.3. The second-order valence-electron chi connectivity index (χ2n) is 6.01. The Hall–Kier alpha value is -2.36. The fraction of sp³-hybridized carbons (Fsp3) is 0.316. The normalized spacial score (nSPS) is 11.9. The van der Waals surface area contributed by atoms with E-state index in [9.17, 15) is 9.18 Å². The van der Waals surface area contributed by atoms with Gasteiger partial charge in [0.25, 0.3) is 0 Å². The predicted octanol–water partition coefficient (Wildman–Crippen LogP) is 4.98. The lowest BCUT2D eigenvalue weighted by molar-refractivity contribution is 0.207. The van der Waals surface area contributed by atoms with Crippen molar-refractivity contribution in [1.29, 1.82) is 0 Å². The van der Waals surface area contributed by atoms with Crippen molar-refractivity contribution >= 4 is 11.7 Å². The first-order chi connectivity index (χ1) is 10.8. The molecule has 0 saturated carbocycles. The molecule has 4 heteroatoms. The summed E-state index contributed by atoms with van der Waals surface area (Å²) in [4.78, 5) is 14.0. The molecule has 0 fully saturated rings. The Morgan fingerprint density at radius 1 is 1.13 bits per heavy atom. The van der Waals surface area contributed by atoms with Crippen LogP contribution in [0.3, 0.4) is 0 Å². The highest BCUT2D eigenvalue weighted by Gasteiger charge is 2.20. The molecule has 0 radical (unpaired) electrons. The highest BCUT2D eigenvalue weighted by molar-refractivity contribution is 5.91. The average Bonchev–Trinajstić information content (AvgIpc) is 2.49. The zero-order valence-corrected chi connectivity index (χ0v) is 14.3. The minimum atomic E-state index is -0.359. The molecular weight excluding hydrogens is 291 g/mol. The summed E-state index contributed by atoms with van der Waals surface area (Å²) in [6.45, 7) is 7.77. The maximum absolute atomic E-state index is 13.9. The van der Waals surface area contributed by atoms with Gasteiger partial charge in [0.15, 0.2) is 0 Å². The number of hydrogen-bond acceptors (Lipinski definition) is 1. The van der Waals surface area contributed by atoms with Crippen LogP contribution in [0.5, 0.6) is 0 Å². The zero-order chi connectivity index (χ0) is 17.1. The van der Waals surface area contributed by atoms with Gasteiger partial charge in [-0.25, -0.2) is 9.18 Å². The van der Waals surface area contributed by atoms with Crippen molar-refractivity contribution in [3.05, 3.63) is 64.5 Å². The number of benzene rings is 2. The molecule has 23 heavy (non-hydrogen) atoms. The van der Waals surface area contributed by atoms with E-state index in [4.69, 9.17) is 0 Å².